The van der Waals surface area contributed by atoms with Crippen molar-refractivity contribution in [2.45, 2.75) is 39.3 Å². The third-order valence-corrected chi connectivity index (χ3v) is 3.96. The van der Waals surface area contributed by atoms with Crippen molar-refractivity contribution in [3.05, 3.63) is 23.8 Å². The monoisotopic (exact) mass is 292 g/mol. The van der Waals surface area contributed by atoms with Crippen molar-refractivity contribution in [1.29, 1.82) is 0 Å². The van der Waals surface area contributed by atoms with Crippen LogP contribution in [0.4, 0.5) is 0 Å². The summed E-state index contributed by atoms with van der Waals surface area (Å²) in [7, 11) is 2.13. The van der Waals surface area contributed by atoms with Gasteiger partial charge in [0, 0.05) is 19.0 Å². The van der Waals surface area contributed by atoms with E-state index in [9.17, 15) is 0 Å². The molecule has 0 fully saturated rings. The van der Waals surface area contributed by atoms with Crippen LogP contribution in [0, 0.1) is 5.92 Å². The average Bonchev–Trinajstić information content (AvgIpc) is 2.69. The number of hydrogen-bond donors (Lipinski definition) is 1. The predicted molar refractivity (Wildman–Crippen MR) is 85.8 cm³/mol. The van der Waals surface area contributed by atoms with Gasteiger partial charge in [0.25, 0.3) is 0 Å². The fraction of sp³-hybridized carbons (Fsp3) is 0.647. The summed E-state index contributed by atoms with van der Waals surface area (Å²) in [6, 6.07) is 6.51. The predicted octanol–water partition coefficient (Wildman–Crippen LogP) is 2.65. The van der Waals surface area contributed by atoms with E-state index in [1.54, 1.807) is 0 Å². The molecule has 2 rings (SSSR count). The Morgan fingerprint density at radius 3 is 2.62 bits per heavy atom. The smallest absolute Gasteiger partial charge is 0.161 e. The maximum absolute atomic E-state index is 6.10. The van der Waals surface area contributed by atoms with Crippen LogP contribution in [0.15, 0.2) is 18.2 Å². The summed E-state index contributed by atoms with van der Waals surface area (Å²) in [5, 5.41) is 0. The van der Waals surface area contributed by atoms with Crippen LogP contribution in [0.3, 0.4) is 0 Å². The van der Waals surface area contributed by atoms with Gasteiger partial charge in [0.2, 0.25) is 0 Å². The van der Waals surface area contributed by atoms with E-state index >= 15 is 0 Å². The Kier molecular flexibility index (Phi) is 5.88. The molecule has 0 radical (unpaired) electrons. The molecule has 1 heterocycles. The highest BCUT2D eigenvalue weighted by molar-refractivity contribution is 5.43. The van der Waals surface area contributed by atoms with E-state index in [-0.39, 0.29) is 6.04 Å². The van der Waals surface area contributed by atoms with Crippen molar-refractivity contribution >= 4 is 0 Å². The molecule has 0 saturated heterocycles. The Morgan fingerprint density at radius 2 is 1.90 bits per heavy atom. The lowest BCUT2D eigenvalue weighted by molar-refractivity contribution is 0.293. The lowest BCUT2D eigenvalue weighted by Gasteiger charge is -2.21. The van der Waals surface area contributed by atoms with Gasteiger partial charge in [0.05, 0.1) is 13.2 Å². The van der Waals surface area contributed by atoms with Gasteiger partial charge in [-0.05, 0) is 43.6 Å². The normalized spacial score (nSPS) is 16.1. The summed E-state index contributed by atoms with van der Waals surface area (Å²) in [6.07, 6.45) is 1.97. The molecule has 0 saturated carbocycles. The van der Waals surface area contributed by atoms with Gasteiger partial charge >= 0.3 is 0 Å². The summed E-state index contributed by atoms with van der Waals surface area (Å²) in [4.78, 5) is 2.31. The van der Waals surface area contributed by atoms with Gasteiger partial charge in [-0.3, -0.25) is 0 Å². The molecular formula is C17H28N2O2. The zero-order chi connectivity index (χ0) is 15.2. The van der Waals surface area contributed by atoms with Gasteiger partial charge in [-0.2, -0.15) is 0 Å². The molecule has 0 amide bonds. The highest BCUT2D eigenvalue weighted by atomic mass is 16.5. The standard InChI is InChI=1S/C17H28N2O2/c1-13(2)15(18)7-8-19(3)12-14-5-6-16-17(11-14)21-10-4-9-20-16/h5-6,11,13,15H,4,7-10,12,18H2,1-3H3. The van der Waals surface area contributed by atoms with E-state index in [2.05, 4.69) is 37.9 Å². The molecule has 1 aliphatic heterocycles. The fourth-order valence-electron chi connectivity index (χ4n) is 2.40. The lowest BCUT2D eigenvalue weighted by atomic mass is 10.0. The molecule has 0 aromatic heterocycles. The van der Waals surface area contributed by atoms with Crippen LogP contribution in [0.5, 0.6) is 11.5 Å². The minimum absolute atomic E-state index is 0.274. The van der Waals surface area contributed by atoms with Gasteiger partial charge in [0.1, 0.15) is 0 Å². The second-order valence-corrected chi connectivity index (χ2v) is 6.27. The van der Waals surface area contributed by atoms with E-state index in [1.807, 2.05) is 6.07 Å². The van der Waals surface area contributed by atoms with Crippen molar-refractivity contribution in [3.8, 4) is 11.5 Å². The first kappa shape index (κ1) is 16.1. The highest BCUT2D eigenvalue weighted by Gasteiger charge is 2.12. The Hall–Kier alpha value is -1.26. The van der Waals surface area contributed by atoms with E-state index in [0.717, 1.165) is 50.6 Å². The van der Waals surface area contributed by atoms with Crippen molar-refractivity contribution in [3.63, 3.8) is 0 Å². The number of rotatable bonds is 6. The van der Waals surface area contributed by atoms with Gasteiger partial charge in [-0.25, -0.2) is 0 Å². The van der Waals surface area contributed by atoms with Gasteiger partial charge in [0.15, 0.2) is 11.5 Å². The van der Waals surface area contributed by atoms with Crippen molar-refractivity contribution in [1.82, 2.24) is 4.90 Å². The Balaban J connectivity index is 1.89. The minimum atomic E-state index is 0.274. The molecular weight excluding hydrogens is 264 g/mol. The third-order valence-electron chi connectivity index (χ3n) is 3.96. The molecule has 2 N–H and O–H groups in total. The molecule has 4 nitrogen and oxygen atoms in total. The third kappa shape index (κ3) is 4.90. The topological polar surface area (TPSA) is 47.7 Å². The summed E-state index contributed by atoms with van der Waals surface area (Å²) in [5.41, 5.74) is 7.35. The van der Waals surface area contributed by atoms with Crippen LogP contribution in [0.1, 0.15) is 32.3 Å². The highest BCUT2D eigenvalue weighted by Crippen LogP contribution is 2.30. The van der Waals surface area contributed by atoms with Gasteiger partial charge < -0.3 is 20.1 Å². The van der Waals surface area contributed by atoms with Gasteiger partial charge in [-0.1, -0.05) is 19.9 Å². The van der Waals surface area contributed by atoms with Crippen LogP contribution in [-0.4, -0.2) is 37.7 Å². The molecule has 0 bridgehead atoms. The van der Waals surface area contributed by atoms with Crippen LogP contribution >= 0.6 is 0 Å². The molecule has 0 spiro atoms. The minimum Gasteiger partial charge on any atom is -0.490 e. The van der Waals surface area contributed by atoms with Gasteiger partial charge in [-0.15, -0.1) is 0 Å². The molecule has 1 aromatic rings. The number of benzene rings is 1. The molecule has 1 aliphatic rings. The largest absolute Gasteiger partial charge is 0.490 e. The number of fused-ring (bicyclic) bond motifs is 1. The fourth-order valence-corrected chi connectivity index (χ4v) is 2.40. The first-order valence-corrected chi connectivity index (χ1v) is 7.89. The van der Waals surface area contributed by atoms with E-state index in [0.29, 0.717) is 5.92 Å². The number of hydrogen-bond acceptors (Lipinski definition) is 4. The van der Waals surface area contributed by atoms with Crippen LogP contribution in [-0.2, 0) is 6.54 Å². The molecule has 0 aliphatic carbocycles. The Labute approximate surface area is 128 Å². The van der Waals surface area contributed by atoms with Crippen molar-refractivity contribution in [2.75, 3.05) is 26.8 Å². The number of ether oxygens (including phenoxy) is 2. The van der Waals surface area contributed by atoms with Crippen LogP contribution in [0.25, 0.3) is 0 Å². The van der Waals surface area contributed by atoms with Crippen molar-refractivity contribution < 1.29 is 9.47 Å². The molecule has 21 heavy (non-hydrogen) atoms. The molecule has 1 aromatic carbocycles. The number of nitrogens with two attached hydrogens (primary N) is 1. The first-order chi connectivity index (χ1) is 10.1. The summed E-state index contributed by atoms with van der Waals surface area (Å²) in [5.74, 6) is 2.27. The summed E-state index contributed by atoms with van der Waals surface area (Å²) < 4.78 is 11.4. The molecule has 1 atom stereocenters. The maximum atomic E-state index is 6.10. The van der Waals surface area contributed by atoms with E-state index in [1.165, 1.54) is 5.56 Å². The molecule has 118 valence electrons. The van der Waals surface area contributed by atoms with E-state index < -0.39 is 0 Å². The molecule has 1 unspecified atom stereocenters. The zero-order valence-corrected chi connectivity index (χ0v) is 13.5. The lowest BCUT2D eigenvalue weighted by Crippen LogP contribution is -2.31. The first-order valence-electron chi connectivity index (χ1n) is 7.89. The summed E-state index contributed by atoms with van der Waals surface area (Å²) in [6.45, 7) is 7.73. The number of nitrogens with zero attached hydrogens (tertiary/aromatic N) is 1. The zero-order valence-electron chi connectivity index (χ0n) is 13.5. The second-order valence-electron chi connectivity index (χ2n) is 6.27. The van der Waals surface area contributed by atoms with E-state index in [4.69, 9.17) is 15.2 Å². The average molecular weight is 292 g/mol. The van der Waals surface area contributed by atoms with Crippen LogP contribution < -0.4 is 15.2 Å². The van der Waals surface area contributed by atoms with Crippen LogP contribution in [0.2, 0.25) is 0 Å². The Bertz CT molecular complexity index is 448. The van der Waals surface area contributed by atoms with Crippen molar-refractivity contribution in [2.24, 2.45) is 11.7 Å². The second kappa shape index (κ2) is 7.66. The SMILES string of the molecule is CC(C)C(N)CCN(C)Cc1ccc2c(c1)OCCCO2. The quantitative estimate of drug-likeness (QED) is 0.875. The Morgan fingerprint density at radius 1 is 1.19 bits per heavy atom. The maximum Gasteiger partial charge on any atom is 0.161 e. The molecule has 4 heteroatoms. The summed E-state index contributed by atoms with van der Waals surface area (Å²) >= 11 is 0.